The maximum atomic E-state index is 13.5. The van der Waals surface area contributed by atoms with Crippen LogP contribution in [0.5, 0.6) is 0 Å². The predicted octanol–water partition coefficient (Wildman–Crippen LogP) is 7.07. The van der Waals surface area contributed by atoms with Gasteiger partial charge >= 0.3 is 192 Å². The summed E-state index contributed by atoms with van der Waals surface area (Å²) in [4.78, 5) is 26.8. The number of hydrogen-bond donors (Lipinski definition) is 0. The van der Waals surface area contributed by atoms with E-state index in [4.69, 9.17) is 9.47 Å². The van der Waals surface area contributed by atoms with Crippen LogP contribution in [0, 0.1) is 0 Å². The summed E-state index contributed by atoms with van der Waals surface area (Å²) >= 11 is -3.25. The molecule has 176 valence electrons. The Labute approximate surface area is 191 Å². The fourth-order valence-corrected chi connectivity index (χ4v) is 27.1. The fraction of sp³-hybridized carbons (Fsp3) is 0.833. The molecular weight excluding hydrogens is 499 g/mol. The van der Waals surface area contributed by atoms with Gasteiger partial charge in [0.05, 0.1) is 0 Å². The molecule has 0 saturated carbocycles. The first-order chi connectivity index (χ1) is 13.9. The molecule has 0 spiro atoms. The molecule has 0 rings (SSSR count). The zero-order valence-corrected chi connectivity index (χ0v) is 25.4. The molecule has 0 saturated heterocycles. The van der Waals surface area contributed by atoms with Gasteiger partial charge in [0, 0.05) is 0 Å². The van der Waals surface area contributed by atoms with Crippen LogP contribution in [0.3, 0.4) is 0 Å². The summed E-state index contributed by atoms with van der Waals surface area (Å²) in [6.07, 6.45) is 6.69. The Morgan fingerprint density at radius 3 is 1.40 bits per heavy atom. The Balaban J connectivity index is 7.31. The Morgan fingerprint density at radius 1 is 0.767 bits per heavy atom. The second kappa shape index (κ2) is 13.3. The normalized spacial score (nSPS) is 13.7. The average Bonchev–Trinajstić information content (AvgIpc) is 2.69. The molecule has 0 aromatic heterocycles. The van der Waals surface area contributed by atoms with Gasteiger partial charge in [-0.25, -0.2) is 0 Å². The number of ether oxygens (including phenoxy) is 2. The summed E-state index contributed by atoms with van der Waals surface area (Å²) in [5.41, 5.74) is 0. The van der Waals surface area contributed by atoms with Crippen LogP contribution in [0.15, 0.2) is 8.79 Å². The molecule has 0 aromatic carbocycles. The summed E-state index contributed by atoms with van der Waals surface area (Å²) in [7, 11) is 0.590. The number of carbonyl (C=O) groups excluding carboxylic acids is 2. The van der Waals surface area contributed by atoms with Crippen LogP contribution in [0.1, 0.15) is 80.1 Å². The minimum atomic E-state index is -3.25. The van der Waals surface area contributed by atoms with Crippen molar-refractivity contribution >= 4 is 38.4 Å². The van der Waals surface area contributed by atoms with Gasteiger partial charge in [-0.15, -0.1) is 0 Å². The molecule has 4 nitrogen and oxygen atoms in total. The molecule has 0 aliphatic carbocycles. The molecule has 0 aliphatic rings. The topological polar surface area (TPSA) is 52.6 Å². The molecular formula is C24H48O4SiSn. The number of rotatable bonds is 13. The Hall–Kier alpha value is -0.304. The van der Waals surface area contributed by atoms with E-state index >= 15 is 0 Å². The third kappa shape index (κ3) is 7.39. The molecule has 0 radical (unpaired) electrons. The Bertz CT molecular complexity index is 569. The van der Waals surface area contributed by atoms with Gasteiger partial charge in [0.25, 0.3) is 0 Å². The van der Waals surface area contributed by atoms with Gasteiger partial charge in [0.15, 0.2) is 0 Å². The molecule has 0 heterocycles. The zero-order chi connectivity index (χ0) is 23.6. The van der Waals surface area contributed by atoms with Crippen LogP contribution in [0.25, 0.3) is 0 Å². The van der Waals surface area contributed by atoms with E-state index in [1.54, 1.807) is 0 Å². The monoisotopic (exact) mass is 548 g/mol. The first-order valence-corrected chi connectivity index (χ1v) is 22.3. The van der Waals surface area contributed by atoms with Gasteiger partial charge in [-0.1, -0.05) is 0 Å². The van der Waals surface area contributed by atoms with Crippen LogP contribution in [0.4, 0.5) is 0 Å². The van der Waals surface area contributed by atoms with E-state index in [0.717, 1.165) is 60.6 Å². The van der Waals surface area contributed by atoms with Crippen molar-refractivity contribution in [3.05, 3.63) is 8.79 Å². The van der Waals surface area contributed by atoms with Gasteiger partial charge in [0.1, 0.15) is 0 Å². The Morgan fingerprint density at radius 2 is 1.13 bits per heavy atom. The van der Waals surface area contributed by atoms with Gasteiger partial charge in [-0.2, -0.15) is 0 Å². The van der Waals surface area contributed by atoms with E-state index < -0.39 is 26.5 Å². The molecule has 0 amide bonds. The molecule has 0 aliphatic heterocycles. The van der Waals surface area contributed by atoms with Crippen molar-refractivity contribution in [2.75, 3.05) is 14.2 Å². The molecule has 0 fully saturated rings. The van der Waals surface area contributed by atoms with Gasteiger partial charge < -0.3 is 0 Å². The van der Waals surface area contributed by atoms with E-state index in [-0.39, 0.29) is 17.0 Å². The van der Waals surface area contributed by atoms with Crippen LogP contribution < -0.4 is 0 Å². The predicted molar refractivity (Wildman–Crippen MR) is 133 cm³/mol. The van der Waals surface area contributed by atoms with Crippen LogP contribution in [0.2, 0.25) is 31.4 Å². The van der Waals surface area contributed by atoms with Crippen molar-refractivity contribution < 1.29 is 19.1 Å². The van der Waals surface area contributed by atoms with Crippen molar-refractivity contribution in [2.45, 2.75) is 112 Å². The summed E-state index contributed by atoms with van der Waals surface area (Å²) in [6, 6.07) is 0. The fourth-order valence-electron chi connectivity index (χ4n) is 4.13. The van der Waals surface area contributed by atoms with Gasteiger partial charge in [-0.3, -0.25) is 0 Å². The van der Waals surface area contributed by atoms with Crippen molar-refractivity contribution in [3.8, 4) is 0 Å². The van der Waals surface area contributed by atoms with Crippen molar-refractivity contribution in [1.29, 1.82) is 0 Å². The third-order valence-electron chi connectivity index (χ3n) is 7.09. The quantitative estimate of drug-likeness (QED) is 0.141. The first-order valence-electron chi connectivity index (χ1n) is 11.8. The van der Waals surface area contributed by atoms with E-state index in [2.05, 4.69) is 54.6 Å². The van der Waals surface area contributed by atoms with Crippen molar-refractivity contribution in [1.82, 2.24) is 0 Å². The summed E-state index contributed by atoms with van der Waals surface area (Å²) < 4.78 is 14.9. The summed E-state index contributed by atoms with van der Waals surface area (Å²) in [6.45, 7) is 17.7. The molecule has 6 heteroatoms. The maximum absolute atomic E-state index is 13.5. The standard InChI is InChI=1S/C12H21O4Si.3C4H9.Sn/c1-12(2,3)17(6,7)9(11(14)16-5)8-10(13)15-4;3*1-3-4-2;/h1-7H3;3*1,3-4H2,2H3;. The van der Waals surface area contributed by atoms with E-state index in [0.29, 0.717) is 0 Å². The second-order valence-corrected chi connectivity index (χ2v) is 28.5. The number of esters is 2. The molecule has 0 atom stereocenters. The summed E-state index contributed by atoms with van der Waals surface area (Å²) in [5, 5.41) is 0.650. The molecule has 0 N–H and O–H groups in total. The number of carbonyl (C=O) groups is 2. The minimum absolute atomic E-state index is 0.0757. The van der Waals surface area contributed by atoms with Crippen LogP contribution >= 0.6 is 0 Å². The SMILES string of the molecule is CCC[CH2][Sn]([CH2]CCC)([CH2]CCC)/[C](C(=O)OC)=C(/C(=O)OC)[Si](C)(C)C(C)(C)C. The first kappa shape index (κ1) is 29.7. The number of unbranched alkanes of at least 4 members (excludes halogenated alkanes) is 3. The van der Waals surface area contributed by atoms with Crippen molar-refractivity contribution in [2.24, 2.45) is 0 Å². The number of methoxy groups -OCH3 is 2. The molecule has 30 heavy (non-hydrogen) atoms. The number of hydrogen-bond acceptors (Lipinski definition) is 4. The van der Waals surface area contributed by atoms with E-state index in [9.17, 15) is 9.59 Å². The molecule has 0 aromatic rings. The van der Waals surface area contributed by atoms with Gasteiger partial charge in [-0.05, 0) is 0 Å². The molecule has 0 unspecified atom stereocenters. The van der Waals surface area contributed by atoms with Crippen LogP contribution in [-0.2, 0) is 19.1 Å². The third-order valence-corrected chi connectivity index (χ3v) is 28.8. The van der Waals surface area contributed by atoms with Crippen molar-refractivity contribution in [3.63, 3.8) is 0 Å². The van der Waals surface area contributed by atoms with Crippen LogP contribution in [-0.4, -0.2) is 52.6 Å². The Kier molecular flexibility index (Phi) is 13.2. The zero-order valence-electron chi connectivity index (χ0n) is 21.5. The molecule has 0 bridgehead atoms. The van der Waals surface area contributed by atoms with Gasteiger partial charge in [0.2, 0.25) is 0 Å². The van der Waals surface area contributed by atoms with E-state index in [1.165, 1.54) is 14.2 Å². The van der Waals surface area contributed by atoms with E-state index in [1.807, 2.05) is 0 Å². The average molecular weight is 547 g/mol. The second-order valence-electron chi connectivity index (χ2n) is 10.2. The summed E-state index contributed by atoms with van der Waals surface area (Å²) in [5.74, 6) is -0.549.